The lowest BCUT2D eigenvalue weighted by molar-refractivity contribution is -0.140. The van der Waals surface area contributed by atoms with Gasteiger partial charge in [0.05, 0.1) is 22.8 Å². The summed E-state index contributed by atoms with van der Waals surface area (Å²) in [6.07, 6.45) is -3.31. The molecule has 5 nitrogen and oxygen atoms in total. The molecule has 0 saturated carbocycles. The van der Waals surface area contributed by atoms with Crippen molar-refractivity contribution in [1.29, 1.82) is 5.26 Å². The van der Waals surface area contributed by atoms with E-state index in [9.17, 15) is 26.7 Å². The van der Waals surface area contributed by atoms with E-state index < -0.39 is 23.5 Å². The Labute approximate surface area is 168 Å². The first-order valence-corrected chi connectivity index (χ1v) is 8.35. The molecule has 3 rings (SSSR count). The van der Waals surface area contributed by atoms with Crippen LogP contribution < -0.4 is 5.73 Å². The number of benzene rings is 2. The molecule has 1 heterocycles. The van der Waals surface area contributed by atoms with Crippen LogP contribution in [-0.2, 0) is 19.8 Å². The number of nitrogens with zero attached hydrogens (tertiary/aromatic N) is 3. The van der Waals surface area contributed by atoms with Gasteiger partial charge in [-0.3, -0.25) is 4.79 Å². The van der Waals surface area contributed by atoms with Gasteiger partial charge < -0.3 is 10.3 Å². The number of imidazole rings is 1. The molecule has 10 heteroatoms. The first kappa shape index (κ1) is 22.7. The molecule has 0 aliphatic carbocycles. The Balaban J connectivity index is 0.000000248. The van der Waals surface area contributed by atoms with Crippen LogP contribution in [-0.4, -0.2) is 15.8 Å². The van der Waals surface area contributed by atoms with Gasteiger partial charge in [0, 0.05) is 19.8 Å². The molecule has 30 heavy (non-hydrogen) atoms. The van der Waals surface area contributed by atoms with Gasteiger partial charge >= 0.3 is 6.18 Å². The number of hydrogen-bond acceptors (Lipinski definition) is 4. The van der Waals surface area contributed by atoms with Crippen LogP contribution >= 0.6 is 0 Å². The van der Waals surface area contributed by atoms with Crippen LogP contribution in [0.15, 0.2) is 42.6 Å². The maximum Gasteiger partial charge on any atom is 0.434 e. The van der Waals surface area contributed by atoms with E-state index in [1.165, 1.54) is 31.3 Å². The van der Waals surface area contributed by atoms with Crippen LogP contribution in [0.1, 0.15) is 27.2 Å². The lowest BCUT2D eigenvalue weighted by Crippen LogP contribution is -2.05. The third-order valence-electron chi connectivity index (χ3n) is 3.93. The monoisotopic (exact) mass is 422 g/mol. The molecule has 0 atom stereocenters. The van der Waals surface area contributed by atoms with Crippen LogP contribution in [0.4, 0.5) is 22.0 Å². The summed E-state index contributed by atoms with van der Waals surface area (Å²) in [7, 11) is 1.38. The normalized spacial score (nSPS) is 10.7. The number of rotatable bonds is 3. The molecule has 0 saturated heterocycles. The highest BCUT2D eigenvalue weighted by molar-refractivity contribution is 5.75. The van der Waals surface area contributed by atoms with Crippen molar-refractivity contribution < 1.29 is 26.7 Å². The summed E-state index contributed by atoms with van der Waals surface area (Å²) < 4.78 is 65.2. The van der Waals surface area contributed by atoms with E-state index in [-0.39, 0.29) is 29.1 Å². The summed E-state index contributed by atoms with van der Waals surface area (Å²) in [6, 6.07) is 9.59. The minimum absolute atomic E-state index is 0.00944. The van der Waals surface area contributed by atoms with Crippen LogP contribution in [0, 0.1) is 23.0 Å². The summed E-state index contributed by atoms with van der Waals surface area (Å²) >= 11 is 0. The summed E-state index contributed by atoms with van der Waals surface area (Å²) in [5, 5.41) is 8.32. The van der Waals surface area contributed by atoms with Crippen LogP contribution in [0.2, 0.25) is 0 Å². The van der Waals surface area contributed by atoms with Crippen molar-refractivity contribution in [2.75, 3.05) is 0 Å². The lowest BCUT2D eigenvalue weighted by Gasteiger charge is -2.05. The maximum absolute atomic E-state index is 13.8. The number of nitriles is 1. The van der Waals surface area contributed by atoms with E-state index >= 15 is 0 Å². The van der Waals surface area contributed by atoms with E-state index in [0.717, 1.165) is 16.8 Å². The fraction of sp³-hybridized carbons (Fsp3) is 0.150. The van der Waals surface area contributed by atoms with Gasteiger partial charge in [0.25, 0.3) is 0 Å². The summed E-state index contributed by atoms with van der Waals surface area (Å²) in [6.45, 7) is 0.158. The molecular weight excluding hydrogens is 407 g/mol. The molecule has 1 aromatic heterocycles. The fourth-order valence-electron chi connectivity index (χ4n) is 2.41. The van der Waals surface area contributed by atoms with Gasteiger partial charge in [0.15, 0.2) is 12.0 Å². The summed E-state index contributed by atoms with van der Waals surface area (Å²) in [5.74, 6) is -1.38. The molecule has 0 aliphatic rings. The Morgan fingerprint density at radius 2 is 1.87 bits per heavy atom. The Bertz CT molecular complexity index is 1100. The highest BCUT2D eigenvalue weighted by Crippen LogP contribution is 2.31. The van der Waals surface area contributed by atoms with Gasteiger partial charge in [0.1, 0.15) is 17.5 Å². The Morgan fingerprint density at radius 1 is 1.17 bits per heavy atom. The topological polar surface area (TPSA) is 84.7 Å². The highest BCUT2D eigenvalue weighted by Gasteiger charge is 2.34. The first-order valence-electron chi connectivity index (χ1n) is 8.35. The average molecular weight is 422 g/mol. The van der Waals surface area contributed by atoms with E-state index in [2.05, 4.69) is 4.98 Å². The first-order chi connectivity index (χ1) is 14.1. The van der Waals surface area contributed by atoms with Gasteiger partial charge in [-0.1, -0.05) is 6.07 Å². The van der Waals surface area contributed by atoms with Gasteiger partial charge in [-0.15, -0.1) is 0 Å². The van der Waals surface area contributed by atoms with Crippen LogP contribution in [0.3, 0.4) is 0 Å². The SMILES string of the molecule is Cn1cc(C(F)(F)F)nc1-c1ccc(CN)cc1F.N#Cc1ccc(C=O)c(F)c1. The zero-order valence-corrected chi connectivity index (χ0v) is 15.5. The second-order valence-corrected chi connectivity index (χ2v) is 6.04. The lowest BCUT2D eigenvalue weighted by atomic mass is 10.1. The molecule has 2 aromatic carbocycles. The summed E-state index contributed by atoms with van der Waals surface area (Å²) in [5.41, 5.74) is 5.08. The fourth-order valence-corrected chi connectivity index (χ4v) is 2.41. The largest absolute Gasteiger partial charge is 0.434 e. The minimum atomic E-state index is -4.55. The molecule has 0 fully saturated rings. The average Bonchev–Trinajstić information content (AvgIpc) is 3.10. The van der Waals surface area contributed by atoms with Crippen molar-refractivity contribution in [2.24, 2.45) is 12.8 Å². The van der Waals surface area contributed by atoms with E-state index in [1.54, 1.807) is 12.1 Å². The molecule has 2 N–H and O–H groups in total. The van der Waals surface area contributed by atoms with E-state index in [0.29, 0.717) is 11.8 Å². The third kappa shape index (κ3) is 5.27. The number of carbonyl (C=O) groups excluding carboxylic acids is 1. The summed E-state index contributed by atoms with van der Waals surface area (Å²) in [4.78, 5) is 13.5. The number of hydrogen-bond donors (Lipinski definition) is 1. The van der Waals surface area contributed by atoms with Crippen LogP contribution in [0.5, 0.6) is 0 Å². The van der Waals surface area contributed by atoms with Crippen molar-refractivity contribution in [1.82, 2.24) is 9.55 Å². The van der Waals surface area contributed by atoms with Gasteiger partial charge in [0.2, 0.25) is 0 Å². The molecule has 0 radical (unpaired) electrons. The van der Waals surface area contributed by atoms with E-state index in [1.807, 2.05) is 0 Å². The van der Waals surface area contributed by atoms with Crippen molar-refractivity contribution in [3.8, 4) is 17.5 Å². The van der Waals surface area contributed by atoms with Crippen molar-refractivity contribution in [2.45, 2.75) is 12.7 Å². The molecule has 0 aliphatic heterocycles. The van der Waals surface area contributed by atoms with Gasteiger partial charge in [-0.05, 0) is 35.9 Å². The number of aromatic nitrogens is 2. The molecular formula is C20H15F5N4O. The molecule has 156 valence electrons. The predicted molar refractivity (Wildman–Crippen MR) is 98.0 cm³/mol. The molecule has 0 spiro atoms. The Hall–Kier alpha value is -3.58. The Morgan fingerprint density at radius 3 is 2.33 bits per heavy atom. The second-order valence-electron chi connectivity index (χ2n) is 6.04. The number of aryl methyl sites for hydroxylation is 1. The quantitative estimate of drug-likeness (QED) is 0.506. The number of aldehydes is 1. The minimum Gasteiger partial charge on any atom is -0.333 e. The molecule has 3 aromatic rings. The van der Waals surface area contributed by atoms with Gasteiger partial charge in [-0.25, -0.2) is 13.8 Å². The number of alkyl halides is 3. The Kier molecular flexibility index (Phi) is 7.02. The second kappa shape index (κ2) is 9.28. The standard InChI is InChI=1S/C12H11F4N3.C8H4FNO/c1-19-6-10(12(14,15)16)18-11(19)8-3-2-7(5-17)4-9(8)13;9-8-3-6(4-10)1-2-7(8)5-11/h2-4,6H,5,17H2,1H3;1-3,5H. The van der Waals surface area contributed by atoms with Crippen molar-refractivity contribution in [3.63, 3.8) is 0 Å². The molecule has 0 unspecified atom stereocenters. The highest BCUT2D eigenvalue weighted by atomic mass is 19.4. The van der Waals surface area contributed by atoms with Crippen LogP contribution in [0.25, 0.3) is 11.4 Å². The number of nitrogens with two attached hydrogens (primary N) is 1. The smallest absolute Gasteiger partial charge is 0.333 e. The molecule has 0 amide bonds. The zero-order valence-electron chi connectivity index (χ0n) is 15.5. The zero-order chi connectivity index (χ0) is 22.5. The van der Waals surface area contributed by atoms with Crippen molar-refractivity contribution >= 4 is 6.29 Å². The molecule has 0 bridgehead atoms. The van der Waals surface area contributed by atoms with Crippen molar-refractivity contribution in [3.05, 3.63) is 76.6 Å². The third-order valence-corrected chi connectivity index (χ3v) is 3.93. The number of halogens is 5. The predicted octanol–water partition coefficient (Wildman–Crippen LogP) is 4.21. The number of carbonyl (C=O) groups is 1. The van der Waals surface area contributed by atoms with E-state index in [4.69, 9.17) is 11.0 Å². The van der Waals surface area contributed by atoms with Gasteiger partial charge in [-0.2, -0.15) is 18.4 Å². The maximum atomic E-state index is 13.8.